The molecule has 2 N–H and O–H groups in total. The van der Waals surface area contributed by atoms with Crippen molar-refractivity contribution in [2.24, 2.45) is 5.73 Å². The first kappa shape index (κ1) is 14.5. The summed E-state index contributed by atoms with van der Waals surface area (Å²) in [6.07, 6.45) is -1.75. The number of alkyl halides is 3. The van der Waals surface area contributed by atoms with Gasteiger partial charge in [0.1, 0.15) is 0 Å². The highest BCUT2D eigenvalue weighted by atomic mass is 79.9. The topological polar surface area (TPSA) is 26.0 Å². The Morgan fingerprint density at radius 2 is 2.00 bits per heavy atom. The van der Waals surface area contributed by atoms with Gasteiger partial charge in [-0.15, -0.1) is 0 Å². The summed E-state index contributed by atoms with van der Waals surface area (Å²) < 4.78 is 38.3. The second-order valence-corrected chi connectivity index (χ2v) is 4.84. The van der Waals surface area contributed by atoms with Gasteiger partial charge in [-0.2, -0.15) is 13.2 Å². The van der Waals surface area contributed by atoms with Crippen molar-refractivity contribution in [2.45, 2.75) is 38.4 Å². The summed E-state index contributed by atoms with van der Waals surface area (Å²) in [5.41, 5.74) is 5.77. The fourth-order valence-corrected chi connectivity index (χ4v) is 2.12. The van der Waals surface area contributed by atoms with Crippen LogP contribution in [0.2, 0.25) is 0 Å². The van der Waals surface area contributed by atoms with Gasteiger partial charge in [0, 0.05) is 10.5 Å². The first-order valence-electron chi connectivity index (χ1n) is 5.48. The van der Waals surface area contributed by atoms with Gasteiger partial charge in [-0.25, -0.2) is 0 Å². The van der Waals surface area contributed by atoms with Gasteiger partial charge >= 0.3 is 6.18 Å². The summed E-state index contributed by atoms with van der Waals surface area (Å²) in [6.45, 7) is 2.02. The van der Waals surface area contributed by atoms with Crippen molar-refractivity contribution in [3.8, 4) is 0 Å². The summed E-state index contributed by atoms with van der Waals surface area (Å²) >= 11 is 3.24. The number of rotatable bonds is 4. The predicted octanol–water partition coefficient (Wildman–Crippen LogP) is 4.66. The first-order valence-corrected chi connectivity index (χ1v) is 6.27. The van der Waals surface area contributed by atoms with Crippen molar-refractivity contribution in [3.63, 3.8) is 0 Å². The van der Waals surface area contributed by atoms with E-state index < -0.39 is 11.7 Å². The van der Waals surface area contributed by atoms with Crippen LogP contribution in [0, 0.1) is 0 Å². The lowest BCUT2D eigenvalue weighted by atomic mass is 10.00. The van der Waals surface area contributed by atoms with E-state index in [1.54, 1.807) is 0 Å². The van der Waals surface area contributed by atoms with E-state index in [-0.39, 0.29) is 6.04 Å². The third-order valence-electron chi connectivity index (χ3n) is 2.59. The van der Waals surface area contributed by atoms with E-state index in [1.165, 1.54) is 6.07 Å². The number of hydrogen-bond donors (Lipinski definition) is 1. The van der Waals surface area contributed by atoms with E-state index in [0.29, 0.717) is 16.5 Å². The lowest BCUT2D eigenvalue weighted by molar-refractivity contribution is -0.137. The van der Waals surface area contributed by atoms with E-state index >= 15 is 0 Å². The molecule has 0 fully saturated rings. The minimum absolute atomic E-state index is 0.355. The van der Waals surface area contributed by atoms with Gasteiger partial charge in [-0.05, 0) is 30.2 Å². The van der Waals surface area contributed by atoms with Gasteiger partial charge in [-0.1, -0.05) is 35.7 Å². The number of benzene rings is 1. The summed E-state index contributed by atoms with van der Waals surface area (Å²) in [5.74, 6) is 0. The van der Waals surface area contributed by atoms with Crippen LogP contribution in [0.15, 0.2) is 22.7 Å². The van der Waals surface area contributed by atoms with Crippen LogP contribution in [0.4, 0.5) is 13.2 Å². The van der Waals surface area contributed by atoms with Gasteiger partial charge in [-0.3, -0.25) is 0 Å². The fourth-order valence-electron chi connectivity index (χ4n) is 1.58. The van der Waals surface area contributed by atoms with Gasteiger partial charge in [0.2, 0.25) is 0 Å². The van der Waals surface area contributed by atoms with Crippen LogP contribution in [0.1, 0.15) is 43.4 Å². The monoisotopic (exact) mass is 309 g/mol. The SMILES string of the molecule is CCCC[C@@H](N)c1cc(C(F)(F)F)ccc1Br. The smallest absolute Gasteiger partial charge is 0.324 e. The standard InChI is InChI=1S/C12H15BrF3N/c1-2-3-4-11(17)9-7-8(12(14,15)16)5-6-10(9)13/h5-7,11H,2-4,17H2,1H3/t11-/m1/s1. The van der Waals surface area contributed by atoms with E-state index in [1.807, 2.05) is 6.92 Å². The molecule has 96 valence electrons. The zero-order valence-electron chi connectivity index (χ0n) is 9.52. The third-order valence-corrected chi connectivity index (χ3v) is 3.31. The normalized spacial score (nSPS) is 13.8. The van der Waals surface area contributed by atoms with Gasteiger partial charge in [0.25, 0.3) is 0 Å². The van der Waals surface area contributed by atoms with Crippen molar-refractivity contribution in [1.82, 2.24) is 0 Å². The quantitative estimate of drug-likeness (QED) is 0.860. The minimum atomic E-state index is -4.32. The highest BCUT2D eigenvalue weighted by Gasteiger charge is 2.31. The Morgan fingerprint density at radius 3 is 2.53 bits per heavy atom. The highest BCUT2D eigenvalue weighted by Crippen LogP contribution is 2.34. The molecule has 0 aromatic heterocycles. The molecule has 1 nitrogen and oxygen atoms in total. The molecule has 1 aromatic rings. The highest BCUT2D eigenvalue weighted by molar-refractivity contribution is 9.10. The molecule has 0 unspecified atom stereocenters. The molecule has 0 aliphatic heterocycles. The summed E-state index contributed by atoms with van der Waals surface area (Å²) in [5, 5.41) is 0. The van der Waals surface area contributed by atoms with Crippen LogP contribution in [0.3, 0.4) is 0 Å². The minimum Gasteiger partial charge on any atom is -0.324 e. The molecule has 5 heteroatoms. The molecule has 0 spiro atoms. The summed E-state index contributed by atoms with van der Waals surface area (Å²) in [4.78, 5) is 0. The van der Waals surface area contributed by atoms with Gasteiger partial charge in [0.05, 0.1) is 5.56 Å². The van der Waals surface area contributed by atoms with Crippen molar-refractivity contribution in [3.05, 3.63) is 33.8 Å². The van der Waals surface area contributed by atoms with Crippen LogP contribution in [0.25, 0.3) is 0 Å². The fraction of sp³-hybridized carbons (Fsp3) is 0.500. The van der Waals surface area contributed by atoms with Gasteiger partial charge in [0.15, 0.2) is 0 Å². The second kappa shape index (κ2) is 5.87. The predicted molar refractivity (Wildman–Crippen MR) is 65.6 cm³/mol. The van der Waals surface area contributed by atoms with Gasteiger partial charge < -0.3 is 5.73 Å². The molecule has 0 heterocycles. The Labute approximate surface area is 107 Å². The molecule has 1 rings (SSSR count). The van der Waals surface area contributed by atoms with Crippen molar-refractivity contribution >= 4 is 15.9 Å². The molecular weight excluding hydrogens is 295 g/mol. The lowest BCUT2D eigenvalue weighted by Crippen LogP contribution is -2.13. The van der Waals surface area contributed by atoms with Crippen LogP contribution >= 0.6 is 15.9 Å². The van der Waals surface area contributed by atoms with Crippen LogP contribution in [-0.2, 0) is 6.18 Å². The molecule has 0 aliphatic rings. The Balaban J connectivity index is 2.98. The van der Waals surface area contributed by atoms with E-state index in [4.69, 9.17) is 5.73 Å². The molecule has 1 atom stereocenters. The number of nitrogens with two attached hydrogens (primary N) is 1. The molecule has 0 amide bonds. The Morgan fingerprint density at radius 1 is 1.35 bits per heavy atom. The lowest BCUT2D eigenvalue weighted by Gasteiger charge is -2.16. The van der Waals surface area contributed by atoms with E-state index in [2.05, 4.69) is 15.9 Å². The molecule has 17 heavy (non-hydrogen) atoms. The Hall–Kier alpha value is -0.550. The summed E-state index contributed by atoms with van der Waals surface area (Å²) in [6, 6.07) is 3.24. The van der Waals surface area contributed by atoms with Crippen molar-refractivity contribution in [1.29, 1.82) is 0 Å². The Bertz CT molecular complexity index is 377. The first-order chi connectivity index (χ1) is 7.86. The van der Waals surface area contributed by atoms with Crippen LogP contribution < -0.4 is 5.73 Å². The maximum Gasteiger partial charge on any atom is 0.416 e. The molecule has 1 aromatic carbocycles. The number of halogens is 4. The van der Waals surface area contributed by atoms with Crippen LogP contribution in [-0.4, -0.2) is 0 Å². The zero-order valence-corrected chi connectivity index (χ0v) is 11.1. The van der Waals surface area contributed by atoms with E-state index in [0.717, 1.165) is 25.0 Å². The maximum absolute atomic E-state index is 12.6. The number of unbranched alkanes of at least 4 members (excludes halogenated alkanes) is 1. The maximum atomic E-state index is 12.6. The van der Waals surface area contributed by atoms with Crippen molar-refractivity contribution in [2.75, 3.05) is 0 Å². The number of hydrogen-bond acceptors (Lipinski definition) is 1. The molecule has 0 saturated heterocycles. The van der Waals surface area contributed by atoms with Crippen molar-refractivity contribution < 1.29 is 13.2 Å². The van der Waals surface area contributed by atoms with E-state index in [9.17, 15) is 13.2 Å². The zero-order chi connectivity index (χ0) is 13.1. The molecule has 0 radical (unpaired) electrons. The third kappa shape index (κ3) is 4.00. The average Bonchev–Trinajstić information content (AvgIpc) is 2.24. The largest absolute Gasteiger partial charge is 0.416 e. The Kier molecular flexibility index (Phi) is 5.01. The summed E-state index contributed by atoms with van der Waals surface area (Å²) in [7, 11) is 0. The molecule has 0 saturated carbocycles. The molecular formula is C12H15BrF3N. The second-order valence-electron chi connectivity index (χ2n) is 3.98. The average molecular weight is 310 g/mol. The molecule has 0 aliphatic carbocycles. The molecule has 0 bridgehead atoms. The van der Waals surface area contributed by atoms with Crippen LogP contribution in [0.5, 0.6) is 0 Å².